The fourth-order valence-corrected chi connectivity index (χ4v) is 6.76. The molecule has 11 atom stereocenters. The van der Waals surface area contributed by atoms with Crippen LogP contribution in [0.1, 0.15) is 13.3 Å². The third-order valence-corrected chi connectivity index (χ3v) is 8.20. The summed E-state index contributed by atoms with van der Waals surface area (Å²) in [4.78, 5) is 10.3. The number of ether oxygens (including phenoxy) is 1. The van der Waals surface area contributed by atoms with E-state index in [2.05, 4.69) is 16.0 Å². The Labute approximate surface area is 172 Å². The Morgan fingerprint density at radius 1 is 1.43 bits per heavy atom. The average Bonchev–Trinajstić information content (AvgIpc) is 3.29. The second kappa shape index (κ2) is 8.19. The monoisotopic (exact) mass is 469 g/mol. The molecule has 14 nitrogen and oxygen atoms in total. The van der Waals surface area contributed by atoms with Gasteiger partial charge in [0.25, 0.3) is 0 Å². The van der Waals surface area contributed by atoms with E-state index in [0.29, 0.717) is 6.42 Å². The molecule has 3 unspecified atom stereocenters. The molecule has 170 valence electrons. The van der Waals surface area contributed by atoms with Crippen LogP contribution < -0.4 is 10.7 Å². The summed E-state index contributed by atoms with van der Waals surface area (Å²) in [5, 5.41) is 23.6. The molecule has 6 N–H and O–H groups in total. The lowest BCUT2D eigenvalue weighted by Crippen LogP contribution is -2.44. The molecule has 2 aliphatic carbocycles. The van der Waals surface area contributed by atoms with Crippen LogP contribution in [0.5, 0.6) is 0 Å². The third kappa shape index (κ3) is 3.85. The first-order valence-corrected chi connectivity index (χ1v) is 12.1. The summed E-state index contributed by atoms with van der Waals surface area (Å²) in [6, 6.07) is -0.551. The van der Waals surface area contributed by atoms with Crippen LogP contribution in [-0.2, 0) is 32.0 Å². The maximum absolute atomic E-state index is 12.6. The first-order valence-electron chi connectivity index (χ1n) is 9.42. The van der Waals surface area contributed by atoms with Crippen molar-refractivity contribution < 1.29 is 42.0 Å². The molecular formula is C14H25N5O9P2. The fourth-order valence-electron chi connectivity index (χ4n) is 4.74. The van der Waals surface area contributed by atoms with Crippen LogP contribution in [0, 0.1) is 28.2 Å². The smallest absolute Gasteiger partial charge is 0.388 e. The Morgan fingerprint density at radius 3 is 2.90 bits per heavy atom. The van der Waals surface area contributed by atoms with Crippen LogP contribution >= 0.6 is 16.1 Å². The van der Waals surface area contributed by atoms with Crippen LogP contribution in [0.15, 0.2) is 5.22 Å². The molecule has 2 saturated heterocycles. The number of aliphatic hydroxyl groups is 1. The third-order valence-electron chi connectivity index (χ3n) is 6.39. The summed E-state index contributed by atoms with van der Waals surface area (Å²) in [7, 11) is -7.62. The fraction of sp³-hybridized carbons (Fsp3) is 0.929. The molecule has 1 spiro atoms. The molecule has 4 rings (SSSR count). The maximum atomic E-state index is 12.6. The molecule has 0 aromatic heterocycles. The van der Waals surface area contributed by atoms with E-state index in [1.165, 1.54) is 0 Å². The largest absolute Gasteiger partial charge is 0.472 e. The summed E-state index contributed by atoms with van der Waals surface area (Å²) in [5.41, 5.74) is 8.45. The van der Waals surface area contributed by atoms with Gasteiger partial charge in [0, 0.05) is 11.3 Å². The Kier molecular flexibility index (Phi) is 6.08. The number of nitrogens with zero attached hydrogens (tertiary/aromatic N) is 1. The highest BCUT2D eigenvalue weighted by Crippen LogP contribution is 2.67. The highest BCUT2D eigenvalue weighted by atomic mass is 31.2. The van der Waals surface area contributed by atoms with Gasteiger partial charge in [-0.25, -0.2) is 4.57 Å². The molecule has 2 saturated carbocycles. The van der Waals surface area contributed by atoms with E-state index in [0.717, 1.165) is 6.34 Å². The molecule has 0 amide bonds. The van der Waals surface area contributed by atoms with Gasteiger partial charge in [0.05, 0.1) is 31.7 Å². The molecule has 4 fully saturated rings. The quantitative estimate of drug-likeness (QED) is 0.107. The lowest BCUT2D eigenvalue weighted by molar-refractivity contribution is -0.0431. The molecule has 30 heavy (non-hydrogen) atoms. The number of phosphoric ester groups is 1. The molecule has 0 aromatic rings. The summed E-state index contributed by atoms with van der Waals surface area (Å²) in [6.45, 7) is 1.24. The van der Waals surface area contributed by atoms with E-state index in [-0.39, 0.29) is 19.1 Å². The minimum Gasteiger partial charge on any atom is -0.388 e. The number of rotatable bonds is 4. The van der Waals surface area contributed by atoms with Crippen molar-refractivity contribution in [3.8, 4) is 0 Å². The number of aliphatic hydroxyl groups excluding tert-OH is 1. The van der Waals surface area contributed by atoms with Crippen molar-refractivity contribution in [2.24, 2.45) is 22.5 Å². The van der Waals surface area contributed by atoms with E-state index in [9.17, 15) is 19.1 Å². The van der Waals surface area contributed by atoms with Gasteiger partial charge in [-0.15, -0.1) is 0 Å². The minimum atomic E-state index is -4.57. The molecule has 0 aromatic carbocycles. The van der Waals surface area contributed by atoms with Crippen LogP contribution in [0.2, 0.25) is 0 Å². The summed E-state index contributed by atoms with van der Waals surface area (Å²) in [5.74, 6) is -0.698. The van der Waals surface area contributed by atoms with E-state index >= 15 is 0 Å². The number of fused-ring (bicyclic) bond motifs is 2. The van der Waals surface area contributed by atoms with E-state index in [1.54, 1.807) is 6.92 Å². The lowest BCUT2D eigenvalue weighted by Gasteiger charge is -2.28. The van der Waals surface area contributed by atoms with Gasteiger partial charge in [-0.3, -0.25) is 24.4 Å². The highest BCUT2D eigenvalue weighted by molar-refractivity contribution is 7.47. The number of hydrogen-bond acceptors (Lipinski definition) is 11. The van der Waals surface area contributed by atoms with Gasteiger partial charge in [-0.1, -0.05) is 12.1 Å². The Hall–Kier alpha value is -0.950. The van der Waals surface area contributed by atoms with Gasteiger partial charge in [0.15, 0.2) is 6.23 Å². The molecular weight excluding hydrogens is 444 g/mol. The minimum absolute atomic E-state index is 0.160. The Morgan fingerprint density at radius 2 is 2.20 bits per heavy atom. The van der Waals surface area contributed by atoms with E-state index < -0.39 is 64.1 Å². The molecule has 16 heteroatoms. The number of hydrogen-bond donors (Lipinski definition) is 6. The second-order valence-corrected chi connectivity index (χ2v) is 10.4. The molecule has 2 aliphatic heterocycles. The van der Waals surface area contributed by atoms with Gasteiger partial charge in [0.1, 0.15) is 18.3 Å². The first kappa shape index (κ1) is 22.3. The molecule has 2 heterocycles. The predicted octanol–water partition coefficient (Wildman–Crippen LogP) is 0.136. The normalized spacial score (nSPS) is 53.2. The van der Waals surface area contributed by atoms with Crippen LogP contribution in [-0.4, -0.2) is 66.2 Å². The first-order chi connectivity index (χ1) is 14.2. The van der Waals surface area contributed by atoms with Crippen molar-refractivity contribution in [1.82, 2.24) is 10.7 Å². The van der Waals surface area contributed by atoms with Crippen molar-refractivity contribution >= 4 is 22.4 Å². The van der Waals surface area contributed by atoms with Crippen molar-refractivity contribution in [1.29, 1.82) is 10.9 Å². The van der Waals surface area contributed by atoms with Gasteiger partial charge >= 0.3 is 16.1 Å². The summed E-state index contributed by atoms with van der Waals surface area (Å²) in [6.07, 6.45) is -3.35. The molecule has 4 aliphatic rings. The van der Waals surface area contributed by atoms with E-state index in [1.807, 2.05) is 0 Å². The zero-order valence-corrected chi connectivity index (χ0v) is 17.9. The summed E-state index contributed by atoms with van der Waals surface area (Å²) < 4.78 is 52.2. The summed E-state index contributed by atoms with van der Waals surface area (Å²) >= 11 is 0. The maximum Gasteiger partial charge on any atom is 0.472 e. The van der Waals surface area contributed by atoms with Gasteiger partial charge in [-0.2, -0.15) is 5.53 Å². The lowest BCUT2D eigenvalue weighted by atomic mass is 10.0. The Bertz CT molecular complexity index is 776. The van der Waals surface area contributed by atoms with Crippen molar-refractivity contribution in [3.63, 3.8) is 0 Å². The van der Waals surface area contributed by atoms with Crippen molar-refractivity contribution in [2.75, 3.05) is 13.2 Å². The average molecular weight is 469 g/mol. The van der Waals surface area contributed by atoms with Crippen LogP contribution in [0.4, 0.5) is 0 Å². The highest BCUT2D eigenvalue weighted by Gasteiger charge is 2.72. The van der Waals surface area contributed by atoms with Gasteiger partial charge in [-0.05, 0) is 12.3 Å². The number of nitrogens with one attached hydrogen (secondary N) is 4. The van der Waals surface area contributed by atoms with Gasteiger partial charge in [0.2, 0.25) is 0 Å². The Balaban J connectivity index is 1.59. The van der Waals surface area contributed by atoms with Crippen molar-refractivity contribution in [3.05, 3.63) is 0 Å². The predicted molar refractivity (Wildman–Crippen MR) is 98.8 cm³/mol. The van der Waals surface area contributed by atoms with Crippen LogP contribution in [0.25, 0.3) is 0 Å². The zero-order chi connectivity index (χ0) is 21.7. The molecule has 0 radical (unpaired) electrons. The SMILES string of the molecule is C[C@H]1[C@H]2OP(=O)(O)OCC34C[C@@H]3[C@@H](NC=N)[C@H](O)[C@@H]4O[PH](=O)OC[C@H]1O[C@H]2NN=N. The van der Waals surface area contributed by atoms with Crippen LogP contribution in [0.3, 0.4) is 0 Å². The second-order valence-electron chi connectivity index (χ2n) is 7.98. The topological polar surface area (TPSA) is 205 Å². The van der Waals surface area contributed by atoms with Gasteiger partial charge < -0.3 is 29.1 Å². The standard InChI is InChI=1S/C14H25N5O9P2/c1-6-8-3-24-29(21)27-12-10(20)9(17-5-15)7-2-14(7,12)4-25-30(22,23)28-11(6)13(26-8)18-19-16/h5-13,20,29H,2-4H2,1H3,(H2,15,17)(H2,16,18)(H,22,23)/t6-,7-,8-,9-,10+,11-,12+,13-,14?/m1/s1. The molecule has 2 bridgehead atoms. The van der Waals surface area contributed by atoms with E-state index in [4.69, 9.17) is 33.8 Å². The zero-order valence-electron chi connectivity index (χ0n) is 16.0. The number of phosphoric acid groups is 1. The van der Waals surface area contributed by atoms with Crippen molar-refractivity contribution in [2.45, 2.75) is 50.0 Å².